The first-order valence-corrected chi connectivity index (χ1v) is 7.16. The lowest BCUT2D eigenvalue weighted by atomic mass is 10.1. The van der Waals surface area contributed by atoms with Crippen LogP contribution in [-0.4, -0.2) is 33.6 Å². The van der Waals surface area contributed by atoms with Crippen molar-refractivity contribution in [1.82, 2.24) is 9.47 Å². The molecule has 0 fully saturated rings. The second-order valence-corrected chi connectivity index (χ2v) is 5.06. The highest BCUT2D eigenvalue weighted by molar-refractivity contribution is 5.84. The van der Waals surface area contributed by atoms with E-state index in [1.54, 1.807) is 0 Å². The molecule has 0 spiro atoms. The van der Waals surface area contributed by atoms with Gasteiger partial charge in [0.15, 0.2) is 0 Å². The van der Waals surface area contributed by atoms with Crippen molar-refractivity contribution in [2.24, 2.45) is 0 Å². The number of carboxylic acid groups (broad SMARTS) is 1. The van der Waals surface area contributed by atoms with E-state index in [-0.39, 0.29) is 6.54 Å². The molecule has 0 bridgehead atoms. The Morgan fingerprint density at radius 2 is 2.05 bits per heavy atom. The van der Waals surface area contributed by atoms with Crippen LogP contribution in [0.1, 0.15) is 25.8 Å². The van der Waals surface area contributed by atoms with Gasteiger partial charge in [0.05, 0.1) is 6.54 Å². The molecule has 1 aromatic heterocycles. The van der Waals surface area contributed by atoms with E-state index in [9.17, 15) is 4.79 Å². The van der Waals surface area contributed by atoms with Crippen molar-refractivity contribution >= 4 is 16.9 Å². The summed E-state index contributed by atoms with van der Waals surface area (Å²) in [5.74, 6) is -0.766. The third-order valence-corrected chi connectivity index (χ3v) is 3.50. The van der Waals surface area contributed by atoms with Gasteiger partial charge in [-0.15, -0.1) is 0 Å². The third kappa shape index (κ3) is 3.20. The quantitative estimate of drug-likeness (QED) is 0.844. The van der Waals surface area contributed by atoms with Crippen molar-refractivity contribution < 1.29 is 9.90 Å². The number of para-hydroxylation sites is 1. The molecule has 2 aromatic rings. The van der Waals surface area contributed by atoms with E-state index in [4.69, 9.17) is 5.11 Å². The van der Waals surface area contributed by atoms with E-state index in [1.165, 1.54) is 16.5 Å². The van der Waals surface area contributed by atoms with Crippen LogP contribution < -0.4 is 0 Å². The molecule has 0 aliphatic rings. The fraction of sp³-hybridized carbons (Fsp3) is 0.438. The maximum Gasteiger partial charge on any atom is 0.317 e. The number of benzene rings is 1. The van der Waals surface area contributed by atoms with Crippen molar-refractivity contribution in [2.45, 2.75) is 33.4 Å². The van der Waals surface area contributed by atoms with Gasteiger partial charge in [0, 0.05) is 30.2 Å². The van der Waals surface area contributed by atoms with Crippen LogP contribution in [0.4, 0.5) is 0 Å². The first-order chi connectivity index (χ1) is 9.65. The van der Waals surface area contributed by atoms with Crippen molar-refractivity contribution in [1.29, 1.82) is 0 Å². The first-order valence-electron chi connectivity index (χ1n) is 7.16. The highest BCUT2D eigenvalue weighted by atomic mass is 16.4. The zero-order valence-electron chi connectivity index (χ0n) is 12.2. The van der Waals surface area contributed by atoms with Gasteiger partial charge in [0.1, 0.15) is 0 Å². The van der Waals surface area contributed by atoms with Crippen molar-refractivity contribution in [3.8, 4) is 0 Å². The molecule has 4 nitrogen and oxygen atoms in total. The lowest BCUT2D eigenvalue weighted by molar-refractivity contribution is -0.138. The highest BCUT2D eigenvalue weighted by Crippen LogP contribution is 2.22. The normalized spacial score (nSPS) is 11.3. The average molecular weight is 274 g/mol. The van der Waals surface area contributed by atoms with Crippen LogP contribution in [0.2, 0.25) is 0 Å². The summed E-state index contributed by atoms with van der Waals surface area (Å²) in [7, 11) is 0. The predicted octanol–water partition coefficient (Wildman–Crippen LogP) is 2.96. The molecule has 108 valence electrons. The number of hydrogen-bond donors (Lipinski definition) is 1. The largest absolute Gasteiger partial charge is 0.480 e. The van der Waals surface area contributed by atoms with E-state index in [2.05, 4.69) is 36.7 Å². The van der Waals surface area contributed by atoms with Gasteiger partial charge in [0.2, 0.25) is 0 Å². The molecule has 1 N–H and O–H groups in total. The van der Waals surface area contributed by atoms with Gasteiger partial charge in [-0.25, -0.2) is 0 Å². The number of rotatable bonds is 7. The van der Waals surface area contributed by atoms with Crippen molar-refractivity contribution in [2.75, 3.05) is 13.1 Å². The monoisotopic (exact) mass is 274 g/mol. The van der Waals surface area contributed by atoms with Gasteiger partial charge >= 0.3 is 5.97 Å². The summed E-state index contributed by atoms with van der Waals surface area (Å²) in [6.07, 6.45) is 3.11. The number of aromatic nitrogens is 1. The summed E-state index contributed by atoms with van der Waals surface area (Å²) in [5, 5.41) is 10.2. The summed E-state index contributed by atoms with van der Waals surface area (Å²) >= 11 is 0. The minimum atomic E-state index is -0.766. The Labute approximate surface area is 119 Å². The lowest BCUT2D eigenvalue weighted by Crippen LogP contribution is -2.30. The molecule has 0 radical (unpaired) electrons. The summed E-state index contributed by atoms with van der Waals surface area (Å²) in [5.41, 5.74) is 2.42. The van der Waals surface area contributed by atoms with Gasteiger partial charge in [-0.05, 0) is 31.5 Å². The molecule has 20 heavy (non-hydrogen) atoms. The summed E-state index contributed by atoms with van der Waals surface area (Å²) in [6, 6.07) is 8.30. The molecular formula is C16H22N2O2. The minimum absolute atomic E-state index is 0.0967. The average Bonchev–Trinajstić information content (AvgIpc) is 2.77. The summed E-state index contributed by atoms with van der Waals surface area (Å²) < 4.78 is 2.22. The van der Waals surface area contributed by atoms with E-state index < -0.39 is 5.97 Å². The number of aliphatic carboxylic acids is 1. The van der Waals surface area contributed by atoms with Gasteiger partial charge < -0.3 is 9.67 Å². The standard InChI is InChI=1S/C16H22N2O2/c1-3-9-17(12-16(19)20)10-13-11-18(4-2)15-8-6-5-7-14(13)15/h5-8,11H,3-4,9-10,12H2,1-2H3,(H,19,20). The maximum absolute atomic E-state index is 11.0. The van der Waals surface area contributed by atoms with Crippen LogP contribution in [0.25, 0.3) is 10.9 Å². The predicted molar refractivity (Wildman–Crippen MR) is 80.8 cm³/mol. The van der Waals surface area contributed by atoms with Crippen LogP contribution >= 0.6 is 0 Å². The maximum atomic E-state index is 11.0. The Kier molecular flexibility index (Phi) is 4.79. The molecule has 0 aliphatic carbocycles. The Bertz CT molecular complexity index is 589. The van der Waals surface area contributed by atoms with Crippen LogP contribution in [0.15, 0.2) is 30.5 Å². The van der Waals surface area contributed by atoms with E-state index in [0.717, 1.165) is 19.5 Å². The molecule has 0 atom stereocenters. The second kappa shape index (κ2) is 6.57. The highest BCUT2D eigenvalue weighted by Gasteiger charge is 2.13. The minimum Gasteiger partial charge on any atom is -0.480 e. The molecule has 4 heteroatoms. The number of carbonyl (C=O) groups is 1. The van der Waals surface area contributed by atoms with E-state index in [1.807, 2.05) is 17.0 Å². The summed E-state index contributed by atoms with van der Waals surface area (Å²) in [4.78, 5) is 12.9. The molecule has 1 heterocycles. The van der Waals surface area contributed by atoms with Gasteiger partial charge in [-0.2, -0.15) is 0 Å². The molecule has 0 aliphatic heterocycles. The molecular weight excluding hydrogens is 252 g/mol. The third-order valence-electron chi connectivity index (χ3n) is 3.50. The molecule has 1 aromatic carbocycles. The van der Waals surface area contributed by atoms with Crippen LogP contribution in [0.3, 0.4) is 0 Å². The van der Waals surface area contributed by atoms with Crippen LogP contribution in [0, 0.1) is 0 Å². The smallest absolute Gasteiger partial charge is 0.317 e. The number of carboxylic acids is 1. The zero-order chi connectivity index (χ0) is 14.5. The summed E-state index contributed by atoms with van der Waals surface area (Å²) in [6.45, 7) is 6.71. The number of aryl methyl sites for hydroxylation is 1. The van der Waals surface area contributed by atoms with E-state index >= 15 is 0 Å². The van der Waals surface area contributed by atoms with Gasteiger partial charge in [-0.1, -0.05) is 25.1 Å². The van der Waals surface area contributed by atoms with E-state index in [0.29, 0.717) is 6.54 Å². The Hall–Kier alpha value is -1.81. The topological polar surface area (TPSA) is 45.5 Å². The van der Waals surface area contributed by atoms with Crippen LogP contribution in [0.5, 0.6) is 0 Å². The molecule has 0 unspecified atom stereocenters. The first kappa shape index (κ1) is 14.6. The Morgan fingerprint density at radius 1 is 1.30 bits per heavy atom. The fourth-order valence-corrected chi connectivity index (χ4v) is 2.67. The molecule has 0 amide bonds. The molecule has 0 saturated heterocycles. The lowest BCUT2D eigenvalue weighted by Gasteiger charge is -2.18. The molecule has 0 saturated carbocycles. The van der Waals surface area contributed by atoms with Crippen molar-refractivity contribution in [3.63, 3.8) is 0 Å². The Balaban J connectivity index is 2.29. The SMILES string of the molecule is CCCN(CC(=O)O)Cc1cn(CC)c2ccccc12. The Morgan fingerprint density at radius 3 is 2.70 bits per heavy atom. The fourth-order valence-electron chi connectivity index (χ4n) is 2.67. The van der Waals surface area contributed by atoms with Crippen molar-refractivity contribution in [3.05, 3.63) is 36.0 Å². The molecule has 2 rings (SSSR count). The number of nitrogens with zero attached hydrogens (tertiary/aromatic N) is 2. The van der Waals surface area contributed by atoms with Crippen LogP contribution in [-0.2, 0) is 17.9 Å². The number of fused-ring (bicyclic) bond motifs is 1. The van der Waals surface area contributed by atoms with Gasteiger partial charge in [-0.3, -0.25) is 9.69 Å². The number of hydrogen-bond acceptors (Lipinski definition) is 2. The van der Waals surface area contributed by atoms with Gasteiger partial charge in [0.25, 0.3) is 0 Å². The zero-order valence-corrected chi connectivity index (χ0v) is 12.2. The second-order valence-electron chi connectivity index (χ2n) is 5.06.